The van der Waals surface area contributed by atoms with Crippen molar-refractivity contribution in [1.82, 2.24) is 9.47 Å². The number of nitrogens with one attached hydrogen (secondary N) is 1. The molecule has 3 amide bonds. The van der Waals surface area contributed by atoms with Crippen molar-refractivity contribution in [3.8, 4) is 0 Å². The largest absolute Gasteiger partial charge is 0.368 e. The summed E-state index contributed by atoms with van der Waals surface area (Å²) in [4.78, 5) is 55.3. The van der Waals surface area contributed by atoms with Gasteiger partial charge in [0.1, 0.15) is 23.8 Å². The fraction of sp³-hybridized carbons (Fsp3) is 0.355. The van der Waals surface area contributed by atoms with Gasteiger partial charge in [0.25, 0.3) is 11.5 Å². The van der Waals surface area contributed by atoms with Crippen LogP contribution in [0.25, 0.3) is 0 Å². The van der Waals surface area contributed by atoms with Gasteiger partial charge in [-0.3, -0.25) is 28.6 Å². The van der Waals surface area contributed by atoms with Gasteiger partial charge in [0.15, 0.2) is 0 Å². The highest BCUT2D eigenvalue weighted by Crippen LogP contribution is 2.37. The van der Waals surface area contributed by atoms with E-state index in [4.69, 9.17) is 10.5 Å². The van der Waals surface area contributed by atoms with E-state index in [1.165, 1.54) is 40.5 Å². The molecule has 3 aromatic rings. The van der Waals surface area contributed by atoms with Gasteiger partial charge in [0, 0.05) is 45.5 Å². The average molecular weight is 595 g/mol. The van der Waals surface area contributed by atoms with Gasteiger partial charge in [-0.1, -0.05) is 26.0 Å². The SMILES string of the molecule is CC.Cc1ccc(Nc2c(C(=O)N(C)C)c(N(C=O)c3cccc(N4CC(OCC(N)=O)C4)c3)c(C)c(=O)n2C)c(F)c1. The lowest BCUT2D eigenvalue weighted by Crippen LogP contribution is -2.53. The second-order valence-electron chi connectivity index (χ2n) is 10.2. The first-order valence-electron chi connectivity index (χ1n) is 13.9. The minimum absolute atomic E-state index is 0.0240. The Morgan fingerprint density at radius 3 is 2.40 bits per heavy atom. The van der Waals surface area contributed by atoms with Crippen LogP contribution in [0.4, 0.5) is 33.0 Å². The molecule has 0 aliphatic carbocycles. The highest BCUT2D eigenvalue weighted by atomic mass is 19.1. The third-order valence-electron chi connectivity index (χ3n) is 6.92. The summed E-state index contributed by atoms with van der Waals surface area (Å²) in [6.45, 7) is 8.16. The average Bonchev–Trinajstić information content (AvgIpc) is 2.95. The van der Waals surface area contributed by atoms with Crippen molar-refractivity contribution in [1.29, 1.82) is 0 Å². The summed E-state index contributed by atoms with van der Waals surface area (Å²) in [7, 11) is 4.58. The zero-order valence-corrected chi connectivity index (χ0v) is 25.6. The molecule has 1 saturated heterocycles. The number of ether oxygens (including phenoxy) is 1. The number of amides is 3. The maximum Gasteiger partial charge on any atom is 0.259 e. The lowest BCUT2D eigenvalue weighted by atomic mass is 10.0. The van der Waals surface area contributed by atoms with Crippen LogP contribution in [0.15, 0.2) is 47.3 Å². The van der Waals surface area contributed by atoms with Crippen molar-refractivity contribution in [2.45, 2.75) is 33.8 Å². The number of anilines is 5. The molecule has 0 spiro atoms. The van der Waals surface area contributed by atoms with E-state index in [9.17, 15) is 23.6 Å². The van der Waals surface area contributed by atoms with E-state index >= 15 is 0 Å². The molecule has 1 aliphatic rings. The smallest absolute Gasteiger partial charge is 0.259 e. The number of halogens is 1. The van der Waals surface area contributed by atoms with Crippen LogP contribution >= 0.6 is 0 Å². The van der Waals surface area contributed by atoms with Crippen molar-refractivity contribution in [2.24, 2.45) is 12.8 Å². The Morgan fingerprint density at radius 1 is 1.14 bits per heavy atom. The van der Waals surface area contributed by atoms with E-state index in [0.717, 1.165) is 5.69 Å². The van der Waals surface area contributed by atoms with Crippen LogP contribution in [-0.2, 0) is 21.4 Å². The molecule has 43 heavy (non-hydrogen) atoms. The van der Waals surface area contributed by atoms with Gasteiger partial charge in [-0.15, -0.1) is 0 Å². The standard InChI is InChI=1S/C29H33FN6O5.C2H6/c1-17-9-10-23(22(30)11-17)32-27-25(29(40)33(3)4)26(18(2)28(39)34(27)5)36(16-37)20-8-6-7-19(12-20)35-13-21(14-35)41-15-24(31)38;1-2/h6-12,16,21,32H,13-15H2,1-5H3,(H2,31,38);1-2H3. The van der Waals surface area contributed by atoms with Crippen molar-refractivity contribution >= 4 is 46.8 Å². The van der Waals surface area contributed by atoms with E-state index in [-0.39, 0.29) is 41.0 Å². The predicted octanol–water partition coefficient (Wildman–Crippen LogP) is 3.60. The van der Waals surface area contributed by atoms with E-state index in [0.29, 0.717) is 30.8 Å². The number of rotatable bonds is 10. The Labute approximate surface area is 250 Å². The second-order valence-corrected chi connectivity index (χ2v) is 10.2. The molecule has 0 atom stereocenters. The van der Waals surface area contributed by atoms with Crippen LogP contribution in [0, 0.1) is 19.7 Å². The van der Waals surface area contributed by atoms with Crippen LogP contribution in [0.5, 0.6) is 0 Å². The third-order valence-corrected chi connectivity index (χ3v) is 6.92. The molecule has 3 N–H and O–H groups in total. The Bertz CT molecular complexity index is 1560. The van der Waals surface area contributed by atoms with Crippen LogP contribution in [0.2, 0.25) is 0 Å². The molecule has 0 bridgehead atoms. The summed E-state index contributed by atoms with van der Waals surface area (Å²) in [5.41, 5.74) is 6.91. The molecule has 0 unspecified atom stereocenters. The van der Waals surface area contributed by atoms with Crippen LogP contribution < -0.4 is 26.4 Å². The Balaban J connectivity index is 0.00000248. The fourth-order valence-corrected chi connectivity index (χ4v) is 4.68. The normalized spacial score (nSPS) is 12.5. The molecule has 2 heterocycles. The van der Waals surface area contributed by atoms with Crippen LogP contribution in [-0.4, -0.2) is 67.6 Å². The Hall–Kier alpha value is -4.71. The topological polar surface area (TPSA) is 130 Å². The number of hydrogen-bond donors (Lipinski definition) is 2. The summed E-state index contributed by atoms with van der Waals surface area (Å²) < 4.78 is 21.5. The maximum atomic E-state index is 14.9. The monoisotopic (exact) mass is 594 g/mol. The summed E-state index contributed by atoms with van der Waals surface area (Å²) >= 11 is 0. The number of primary amides is 1. The number of carbonyl (C=O) groups excluding carboxylic acids is 3. The van der Waals surface area contributed by atoms with E-state index in [2.05, 4.69) is 5.32 Å². The fourth-order valence-electron chi connectivity index (χ4n) is 4.68. The lowest BCUT2D eigenvalue weighted by Gasteiger charge is -2.40. The number of nitrogens with two attached hydrogens (primary N) is 1. The number of carbonyl (C=O) groups is 3. The van der Waals surface area contributed by atoms with Gasteiger partial charge in [0.05, 0.1) is 23.2 Å². The molecule has 0 radical (unpaired) electrons. The minimum atomic E-state index is -0.560. The molecule has 230 valence electrons. The maximum absolute atomic E-state index is 14.9. The lowest BCUT2D eigenvalue weighted by molar-refractivity contribution is -0.125. The molecule has 4 rings (SSSR count). The molecule has 1 fully saturated rings. The summed E-state index contributed by atoms with van der Waals surface area (Å²) in [6, 6.07) is 11.6. The van der Waals surface area contributed by atoms with E-state index in [1.54, 1.807) is 45.3 Å². The quantitative estimate of drug-likeness (QED) is 0.343. The number of nitrogens with zero attached hydrogens (tertiary/aromatic N) is 4. The summed E-state index contributed by atoms with van der Waals surface area (Å²) in [6.07, 6.45) is 0.381. The highest BCUT2D eigenvalue weighted by molar-refractivity contribution is 6.08. The predicted molar refractivity (Wildman–Crippen MR) is 166 cm³/mol. The first kappa shape index (κ1) is 32.8. The molecule has 12 heteroatoms. The molecule has 1 aliphatic heterocycles. The first-order valence-corrected chi connectivity index (χ1v) is 13.9. The van der Waals surface area contributed by atoms with Gasteiger partial charge in [0.2, 0.25) is 12.3 Å². The molecular weight excluding hydrogens is 555 g/mol. The molecule has 11 nitrogen and oxygen atoms in total. The van der Waals surface area contributed by atoms with Crippen molar-refractivity contribution in [3.63, 3.8) is 0 Å². The third kappa shape index (κ3) is 7.03. The second kappa shape index (κ2) is 14.0. The molecule has 0 saturated carbocycles. The number of hydrogen-bond acceptors (Lipinski definition) is 7. The number of pyridine rings is 1. The van der Waals surface area contributed by atoms with E-state index in [1.807, 2.05) is 24.8 Å². The Kier molecular flexibility index (Phi) is 10.7. The number of benzene rings is 2. The van der Waals surface area contributed by atoms with E-state index < -0.39 is 23.2 Å². The van der Waals surface area contributed by atoms with Crippen molar-refractivity contribution in [3.05, 3.63) is 75.3 Å². The van der Waals surface area contributed by atoms with Gasteiger partial charge in [-0.05, 0) is 49.7 Å². The van der Waals surface area contributed by atoms with Crippen molar-refractivity contribution in [2.75, 3.05) is 48.9 Å². The Morgan fingerprint density at radius 2 is 1.81 bits per heavy atom. The van der Waals surface area contributed by atoms with Gasteiger partial charge >= 0.3 is 0 Å². The number of aromatic nitrogens is 1. The first-order chi connectivity index (χ1) is 20.4. The van der Waals surface area contributed by atoms with Gasteiger partial charge in [-0.2, -0.15) is 0 Å². The molecule has 2 aromatic carbocycles. The number of aryl methyl sites for hydroxylation is 1. The van der Waals surface area contributed by atoms with Crippen LogP contribution in [0.1, 0.15) is 35.3 Å². The van der Waals surface area contributed by atoms with Crippen LogP contribution in [0.3, 0.4) is 0 Å². The zero-order valence-electron chi connectivity index (χ0n) is 25.6. The summed E-state index contributed by atoms with van der Waals surface area (Å²) in [5.74, 6) is -1.56. The zero-order chi connectivity index (χ0) is 32.0. The highest BCUT2D eigenvalue weighted by Gasteiger charge is 2.31. The van der Waals surface area contributed by atoms with Crippen molar-refractivity contribution < 1.29 is 23.5 Å². The van der Waals surface area contributed by atoms with Gasteiger partial charge in [-0.25, -0.2) is 4.39 Å². The van der Waals surface area contributed by atoms with Gasteiger partial charge < -0.3 is 25.6 Å². The minimum Gasteiger partial charge on any atom is -0.368 e. The molecular formula is C31H39FN6O5. The molecule has 1 aromatic heterocycles. The summed E-state index contributed by atoms with van der Waals surface area (Å²) in [5, 5.41) is 2.93.